The van der Waals surface area contributed by atoms with Crippen molar-refractivity contribution in [1.29, 1.82) is 0 Å². The van der Waals surface area contributed by atoms with Gasteiger partial charge in [-0.25, -0.2) is 0 Å². The molecule has 1 aliphatic rings. The summed E-state index contributed by atoms with van der Waals surface area (Å²) in [5, 5.41) is 6.22. The second-order valence-electron chi connectivity index (χ2n) is 4.44. The first-order valence-corrected chi connectivity index (χ1v) is 6.38. The van der Waals surface area contributed by atoms with Gasteiger partial charge in [0, 0.05) is 19.5 Å². The van der Waals surface area contributed by atoms with Crippen LogP contribution in [0.5, 0.6) is 0 Å². The number of benzene rings is 1. The molecule has 1 aliphatic heterocycles. The van der Waals surface area contributed by atoms with E-state index in [-0.39, 0.29) is 5.91 Å². The lowest BCUT2D eigenvalue weighted by atomic mass is 9.93. The predicted molar refractivity (Wildman–Crippen MR) is 68.9 cm³/mol. The van der Waals surface area contributed by atoms with E-state index in [0.717, 1.165) is 32.5 Å². The molecule has 0 radical (unpaired) electrons. The fourth-order valence-electron chi connectivity index (χ4n) is 2.38. The Balaban J connectivity index is 2.03. The van der Waals surface area contributed by atoms with Crippen molar-refractivity contribution in [3.8, 4) is 0 Å². The molecule has 1 heterocycles. The number of carbonyl (C=O) groups excluding carboxylic acids is 1. The number of amides is 1. The highest BCUT2D eigenvalue weighted by molar-refractivity contribution is 5.76. The molecule has 0 aliphatic carbocycles. The SMILES string of the molecule is CCNC(=O)CCc1cccc2c1CCNC2. The first kappa shape index (κ1) is 12.1. The Kier molecular flexibility index (Phi) is 4.15. The topological polar surface area (TPSA) is 41.1 Å². The first-order valence-electron chi connectivity index (χ1n) is 6.38. The molecule has 17 heavy (non-hydrogen) atoms. The van der Waals surface area contributed by atoms with Crippen LogP contribution in [0, 0.1) is 0 Å². The monoisotopic (exact) mass is 232 g/mol. The molecule has 3 nitrogen and oxygen atoms in total. The zero-order valence-corrected chi connectivity index (χ0v) is 10.4. The maximum Gasteiger partial charge on any atom is 0.220 e. The summed E-state index contributed by atoms with van der Waals surface area (Å²) in [7, 11) is 0. The Hall–Kier alpha value is -1.35. The van der Waals surface area contributed by atoms with E-state index in [0.29, 0.717) is 6.42 Å². The Morgan fingerprint density at radius 3 is 3.18 bits per heavy atom. The first-order chi connectivity index (χ1) is 8.31. The third-order valence-electron chi connectivity index (χ3n) is 3.23. The molecule has 0 atom stereocenters. The smallest absolute Gasteiger partial charge is 0.220 e. The number of hydrogen-bond donors (Lipinski definition) is 2. The predicted octanol–water partition coefficient (Wildman–Crippen LogP) is 1.40. The molecule has 0 spiro atoms. The third-order valence-corrected chi connectivity index (χ3v) is 3.23. The highest BCUT2D eigenvalue weighted by atomic mass is 16.1. The minimum Gasteiger partial charge on any atom is -0.356 e. The largest absolute Gasteiger partial charge is 0.356 e. The molecule has 0 aromatic heterocycles. The molecule has 2 N–H and O–H groups in total. The van der Waals surface area contributed by atoms with E-state index in [1.165, 1.54) is 16.7 Å². The summed E-state index contributed by atoms with van der Waals surface area (Å²) in [6, 6.07) is 6.43. The fraction of sp³-hybridized carbons (Fsp3) is 0.500. The van der Waals surface area contributed by atoms with Crippen molar-refractivity contribution in [3.05, 3.63) is 34.9 Å². The summed E-state index contributed by atoms with van der Waals surface area (Å²) in [6.45, 7) is 4.68. The Bertz CT molecular complexity index is 401. The van der Waals surface area contributed by atoms with E-state index in [2.05, 4.69) is 28.8 Å². The van der Waals surface area contributed by atoms with E-state index in [1.54, 1.807) is 0 Å². The molecule has 3 heteroatoms. The van der Waals surface area contributed by atoms with Crippen LogP contribution in [-0.2, 0) is 24.2 Å². The van der Waals surface area contributed by atoms with Crippen molar-refractivity contribution in [2.24, 2.45) is 0 Å². The number of fused-ring (bicyclic) bond motifs is 1. The molecule has 1 amide bonds. The van der Waals surface area contributed by atoms with Gasteiger partial charge in [-0.15, -0.1) is 0 Å². The van der Waals surface area contributed by atoms with E-state index in [4.69, 9.17) is 0 Å². The summed E-state index contributed by atoms with van der Waals surface area (Å²) >= 11 is 0. The highest BCUT2D eigenvalue weighted by Gasteiger charge is 2.12. The van der Waals surface area contributed by atoms with E-state index < -0.39 is 0 Å². The zero-order chi connectivity index (χ0) is 12.1. The van der Waals surface area contributed by atoms with Gasteiger partial charge >= 0.3 is 0 Å². The summed E-state index contributed by atoms with van der Waals surface area (Å²) in [5.41, 5.74) is 4.19. The summed E-state index contributed by atoms with van der Waals surface area (Å²) in [4.78, 5) is 11.5. The van der Waals surface area contributed by atoms with Crippen LogP contribution in [-0.4, -0.2) is 19.0 Å². The van der Waals surface area contributed by atoms with Crippen LogP contribution in [0.1, 0.15) is 30.0 Å². The lowest BCUT2D eigenvalue weighted by Gasteiger charge is -2.20. The van der Waals surface area contributed by atoms with Gasteiger partial charge in [-0.3, -0.25) is 4.79 Å². The summed E-state index contributed by atoms with van der Waals surface area (Å²) in [5.74, 6) is 0.152. The second kappa shape index (κ2) is 5.82. The number of rotatable bonds is 4. The van der Waals surface area contributed by atoms with Gasteiger partial charge in [0.25, 0.3) is 0 Å². The minimum atomic E-state index is 0.152. The van der Waals surface area contributed by atoms with Gasteiger partial charge in [0.15, 0.2) is 0 Å². The van der Waals surface area contributed by atoms with Gasteiger partial charge in [-0.05, 0) is 43.0 Å². The molecule has 0 saturated heterocycles. The van der Waals surface area contributed by atoms with Crippen LogP contribution in [0.4, 0.5) is 0 Å². The molecule has 0 bridgehead atoms. The Morgan fingerprint density at radius 2 is 2.35 bits per heavy atom. The van der Waals surface area contributed by atoms with Gasteiger partial charge in [-0.1, -0.05) is 18.2 Å². The Labute approximate surface area is 103 Å². The molecule has 0 saturated carbocycles. The van der Waals surface area contributed by atoms with Gasteiger partial charge in [0.2, 0.25) is 5.91 Å². The van der Waals surface area contributed by atoms with E-state index >= 15 is 0 Å². The van der Waals surface area contributed by atoms with Crippen molar-refractivity contribution in [3.63, 3.8) is 0 Å². The molecule has 2 rings (SSSR count). The van der Waals surface area contributed by atoms with Crippen LogP contribution in [0.2, 0.25) is 0 Å². The normalized spacial score (nSPS) is 14.2. The average Bonchev–Trinajstić information content (AvgIpc) is 2.36. The third kappa shape index (κ3) is 3.07. The van der Waals surface area contributed by atoms with E-state index in [1.807, 2.05) is 6.92 Å². The fourth-order valence-corrected chi connectivity index (χ4v) is 2.38. The molecular weight excluding hydrogens is 212 g/mol. The molecule has 92 valence electrons. The standard InChI is InChI=1S/C14H20N2O/c1-2-16-14(17)7-6-11-4-3-5-12-10-15-9-8-13(11)12/h3-5,15H,2,6-10H2,1H3,(H,16,17). The number of hydrogen-bond acceptors (Lipinski definition) is 2. The van der Waals surface area contributed by atoms with Crippen molar-refractivity contribution in [2.75, 3.05) is 13.1 Å². The number of aryl methyl sites for hydroxylation is 1. The van der Waals surface area contributed by atoms with Crippen molar-refractivity contribution < 1.29 is 4.79 Å². The van der Waals surface area contributed by atoms with Gasteiger partial charge < -0.3 is 10.6 Å². The average molecular weight is 232 g/mol. The van der Waals surface area contributed by atoms with Crippen LogP contribution >= 0.6 is 0 Å². The highest BCUT2D eigenvalue weighted by Crippen LogP contribution is 2.19. The lowest BCUT2D eigenvalue weighted by molar-refractivity contribution is -0.120. The van der Waals surface area contributed by atoms with Crippen molar-refractivity contribution >= 4 is 5.91 Å². The van der Waals surface area contributed by atoms with Crippen LogP contribution in [0.3, 0.4) is 0 Å². The quantitative estimate of drug-likeness (QED) is 0.824. The van der Waals surface area contributed by atoms with Gasteiger partial charge in [0.1, 0.15) is 0 Å². The van der Waals surface area contributed by atoms with Crippen LogP contribution in [0.25, 0.3) is 0 Å². The molecule has 1 aromatic carbocycles. The molecular formula is C14H20N2O. The van der Waals surface area contributed by atoms with Crippen LogP contribution in [0.15, 0.2) is 18.2 Å². The second-order valence-corrected chi connectivity index (χ2v) is 4.44. The van der Waals surface area contributed by atoms with Crippen molar-refractivity contribution in [1.82, 2.24) is 10.6 Å². The summed E-state index contributed by atoms with van der Waals surface area (Å²) in [6.07, 6.45) is 2.54. The summed E-state index contributed by atoms with van der Waals surface area (Å²) < 4.78 is 0. The van der Waals surface area contributed by atoms with Gasteiger partial charge in [0.05, 0.1) is 0 Å². The van der Waals surface area contributed by atoms with Crippen LogP contribution < -0.4 is 10.6 Å². The zero-order valence-electron chi connectivity index (χ0n) is 10.4. The van der Waals surface area contributed by atoms with Crippen molar-refractivity contribution in [2.45, 2.75) is 32.7 Å². The minimum absolute atomic E-state index is 0.152. The molecule has 0 fully saturated rings. The Morgan fingerprint density at radius 1 is 1.47 bits per heavy atom. The number of carbonyl (C=O) groups is 1. The maximum absolute atomic E-state index is 11.5. The molecule has 1 aromatic rings. The van der Waals surface area contributed by atoms with Gasteiger partial charge in [-0.2, -0.15) is 0 Å². The number of nitrogens with one attached hydrogen (secondary N) is 2. The van der Waals surface area contributed by atoms with E-state index in [9.17, 15) is 4.79 Å². The molecule has 0 unspecified atom stereocenters. The maximum atomic E-state index is 11.5. The lowest BCUT2D eigenvalue weighted by Crippen LogP contribution is -2.25.